The molecule has 0 saturated carbocycles. The number of piperazine rings is 1. The van der Waals surface area contributed by atoms with E-state index in [0.717, 1.165) is 5.56 Å². The molecule has 6 heteroatoms. The van der Waals surface area contributed by atoms with Crippen LogP contribution in [0.3, 0.4) is 0 Å². The predicted molar refractivity (Wildman–Crippen MR) is 80.4 cm³/mol. The number of carbonyl (C=O) groups is 2. The van der Waals surface area contributed by atoms with Gasteiger partial charge in [0.05, 0.1) is 0 Å². The van der Waals surface area contributed by atoms with Crippen molar-refractivity contribution >= 4 is 23.4 Å². The monoisotopic (exact) mass is 310 g/mol. The largest absolute Gasteiger partial charge is 0.384 e. The highest BCUT2D eigenvalue weighted by Crippen LogP contribution is 2.17. The molecule has 1 unspecified atom stereocenters. The zero-order chi connectivity index (χ0) is 15.6. The van der Waals surface area contributed by atoms with Gasteiger partial charge in [0.1, 0.15) is 6.10 Å². The van der Waals surface area contributed by atoms with Crippen LogP contribution in [0.5, 0.6) is 0 Å². The minimum Gasteiger partial charge on any atom is -0.384 e. The first-order valence-corrected chi connectivity index (χ1v) is 7.29. The highest BCUT2D eigenvalue weighted by atomic mass is 35.5. The lowest BCUT2D eigenvalue weighted by Gasteiger charge is -2.35. The van der Waals surface area contributed by atoms with E-state index < -0.39 is 6.10 Å². The van der Waals surface area contributed by atoms with Gasteiger partial charge in [-0.1, -0.05) is 11.6 Å². The SMILES string of the molecule is Cc1cc(Cl)cc(C(=O)N2CCN(C(=O)C(C)O)CC2)c1. The lowest BCUT2D eigenvalue weighted by Crippen LogP contribution is -2.52. The minimum absolute atomic E-state index is 0.0789. The first-order valence-electron chi connectivity index (χ1n) is 6.92. The van der Waals surface area contributed by atoms with Crippen LogP contribution in [0.4, 0.5) is 0 Å². The Hall–Kier alpha value is -1.59. The number of hydrogen-bond acceptors (Lipinski definition) is 3. The van der Waals surface area contributed by atoms with Gasteiger partial charge in [-0.15, -0.1) is 0 Å². The zero-order valence-corrected chi connectivity index (χ0v) is 12.9. The number of carbonyl (C=O) groups excluding carboxylic acids is 2. The van der Waals surface area contributed by atoms with E-state index >= 15 is 0 Å². The van der Waals surface area contributed by atoms with Crippen molar-refractivity contribution in [2.24, 2.45) is 0 Å². The molecule has 1 aliphatic rings. The third-order valence-electron chi connectivity index (χ3n) is 3.53. The zero-order valence-electron chi connectivity index (χ0n) is 12.2. The Balaban J connectivity index is 2.02. The molecule has 5 nitrogen and oxygen atoms in total. The fraction of sp³-hybridized carbons (Fsp3) is 0.467. The summed E-state index contributed by atoms with van der Waals surface area (Å²) in [6.07, 6.45) is -0.997. The molecular formula is C15H19ClN2O3. The highest BCUT2D eigenvalue weighted by Gasteiger charge is 2.26. The molecule has 0 radical (unpaired) electrons. The highest BCUT2D eigenvalue weighted by molar-refractivity contribution is 6.31. The van der Waals surface area contributed by atoms with Crippen LogP contribution >= 0.6 is 11.6 Å². The van der Waals surface area contributed by atoms with Gasteiger partial charge < -0.3 is 14.9 Å². The molecule has 114 valence electrons. The molecule has 1 heterocycles. The second-order valence-electron chi connectivity index (χ2n) is 5.31. The first-order chi connectivity index (χ1) is 9.88. The standard InChI is InChI=1S/C15H19ClN2O3/c1-10-7-12(9-13(16)8-10)15(21)18-5-3-17(4-6-18)14(20)11(2)19/h7-9,11,19H,3-6H2,1-2H3. The van der Waals surface area contributed by atoms with E-state index in [1.165, 1.54) is 6.92 Å². The van der Waals surface area contributed by atoms with Gasteiger partial charge in [-0.3, -0.25) is 9.59 Å². The van der Waals surface area contributed by atoms with E-state index in [0.29, 0.717) is 36.8 Å². The Morgan fingerprint density at radius 2 is 1.71 bits per heavy atom. The maximum atomic E-state index is 12.4. The maximum absolute atomic E-state index is 12.4. The average molecular weight is 311 g/mol. The molecular weight excluding hydrogens is 292 g/mol. The second-order valence-corrected chi connectivity index (χ2v) is 5.75. The van der Waals surface area contributed by atoms with E-state index in [-0.39, 0.29) is 11.8 Å². The molecule has 1 N–H and O–H groups in total. The predicted octanol–water partition coefficient (Wildman–Crippen LogP) is 1.31. The third kappa shape index (κ3) is 3.74. The molecule has 1 atom stereocenters. The number of hydrogen-bond donors (Lipinski definition) is 1. The van der Waals surface area contributed by atoms with Crippen molar-refractivity contribution in [3.05, 3.63) is 34.3 Å². The van der Waals surface area contributed by atoms with Crippen molar-refractivity contribution < 1.29 is 14.7 Å². The molecule has 2 rings (SSSR count). The van der Waals surface area contributed by atoms with Crippen molar-refractivity contribution in [3.8, 4) is 0 Å². The first kappa shape index (κ1) is 15.8. The lowest BCUT2D eigenvalue weighted by atomic mass is 10.1. The fourth-order valence-electron chi connectivity index (χ4n) is 2.44. The number of rotatable bonds is 2. The van der Waals surface area contributed by atoms with Crippen LogP contribution in [0.15, 0.2) is 18.2 Å². The molecule has 0 bridgehead atoms. The minimum atomic E-state index is -0.997. The number of halogens is 1. The summed E-state index contributed by atoms with van der Waals surface area (Å²) >= 11 is 5.98. The number of aryl methyl sites for hydroxylation is 1. The Labute approximate surface area is 129 Å². The summed E-state index contributed by atoms with van der Waals surface area (Å²) in [5.74, 6) is -0.370. The van der Waals surface area contributed by atoms with Crippen LogP contribution in [0.1, 0.15) is 22.8 Å². The number of aliphatic hydroxyl groups excluding tert-OH is 1. The van der Waals surface area contributed by atoms with Crippen LogP contribution in [-0.4, -0.2) is 59.0 Å². The fourth-order valence-corrected chi connectivity index (χ4v) is 2.73. The topological polar surface area (TPSA) is 60.9 Å². The van der Waals surface area contributed by atoms with Crippen molar-refractivity contribution in [2.75, 3.05) is 26.2 Å². The van der Waals surface area contributed by atoms with Gasteiger partial charge in [0, 0.05) is 36.8 Å². The van der Waals surface area contributed by atoms with Gasteiger partial charge in [0.15, 0.2) is 0 Å². The van der Waals surface area contributed by atoms with Crippen molar-refractivity contribution in [1.82, 2.24) is 9.80 Å². The summed E-state index contributed by atoms with van der Waals surface area (Å²) in [7, 11) is 0. The van der Waals surface area contributed by atoms with Gasteiger partial charge in [0.25, 0.3) is 11.8 Å². The quantitative estimate of drug-likeness (QED) is 0.896. The lowest BCUT2D eigenvalue weighted by molar-refractivity contribution is -0.140. The Morgan fingerprint density at radius 1 is 1.14 bits per heavy atom. The number of aliphatic hydroxyl groups is 1. The van der Waals surface area contributed by atoms with Gasteiger partial charge in [0.2, 0.25) is 0 Å². The van der Waals surface area contributed by atoms with E-state index in [1.54, 1.807) is 21.9 Å². The van der Waals surface area contributed by atoms with Crippen molar-refractivity contribution in [2.45, 2.75) is 20.0 Å². The second kappa shape index (κ2) is 6.45. The molecule has 21 heavy (non-hydrogen) atoms. The molecule has 1 aromatic rings. The molecule has 1 aromatic carbocycles. The van der Waals surface area contributed by atoms with Crippen LogP contribution < -0.4 is 0 Å². The molecule has 0 aromatic heterocycles. The molecule has 0 spiro atoms. The summed E-state index contributed by atoms with van der Waals surface area (Å²) < 4.78 is 0. The van der Waals surface area contributed by atoms with Crippen molar-refractivity contribution in [1.29, 1.82) is 0 Å². The van der Waals surface area contributed by atoms with Crippen molar-refractivity contribution in [3.63, 3.8) is 0 Å². The summed E-state index contributed by atoms with van der Waals surface area (Å²) in [5, 5.41) is 9.84. The molecule has 2 amide bonds. The summed E-state index contributed by atoms with van der Waals surface area (Å²) in [6.45, 7) is 5.15. The van der Waals surface area contributed by atoms with Gasteiger partial charge in [-0.05, 0) is 37.6 Å². The van der Waals surface area contributed by atoms with Crippen LogP contribution in [0.25, 0.3) is 0 Å². The molecule has 1 aliphatic heterocycles. The maximum Gasteiger partial charge on any atom is 0.254 e. The third-order valence-corrected chi connectivity index (χ3v) is 3.74. The molecule has 1 fully saturated rings. The summed E-state index contributed by atoms with van der Waals surface area (Å²) in [4.78, 5) is 27.4. The average Bonchev–Trinajstić information content (AvgIpc) is 2.44. The Bertz CT molecular complexity index is 532. The number of benzene rings is 1. The van der Waals surface area contributed by atoms with Crippen LogP contribution in [0, 0.1) is 6.92 Å². The van der Waals surface area contributed by atoms with E-state index in [1.807, 2.05) is 13.0 Å². The van der Waals surface area contributed by atoms with E-state index in [2.05, 4.69) is 0 Å². The normalized spacial score (nSPS) is 16.8. The molecule has 0 aliphatic carbocycles. The number of amides is 2. The van der Waals surface area contributed by atoms with Crippen LogP contribution in [-0.2, 0) is 4.79 Å². The summed E-state index contributed by atoms with van der Waals surface area (Å²) in [6, 6.07) is 5.27. The molecule has 1 saturated heterocycles. The summed E-state index contributed by atoms with van der Waals surface area (Å²) in [5.41, 5.74) is 1.50. The van der Waals surface area contributed by atoms with Gasteiger partial charge in [-0.25, -0.2) is 0 Å². The van der Waals surface area contributed by atoms with E-state index in [4.69, 9.17) is 11.6 Å². The number of nitrogens with zero attached hydrogens (tertiary/aromatic N) is 2. The Kier molecular flexibility index (Phi) is 4.85. The smallest absolute Gasteiger partial charge is 0.254 e. The van der Waals surface area contributed by atoms with E-state index in [9.17, 15) is 14.7 Å². The van der Waals surface area contributed by atoms with Gasteiger partial charge in [-0.2, -0.15) is 0 Å². The van der Waals surface area contributed by atoms with Crippen LogP contribution in [0.2, 0.25) is 5.02 Å². The van der Waals surface area contributed by atoms with Gasteiger partial charge >= 0.3 is 0 Å². The Morgan fingerprint density at radius 3 is 2.24 bits per heavy atom.